The lowest BCUT2D eigenvalue weighted by molar-refractivity contribution is -0.152. The number of likely N-dealkylation sites (N-methyl/N-ethyl adjacent to an activating group) is 1. The second-order valence-electron chi connectivity index (χ2n) is 21.9. The van der Waals surface area contributed by atoms with Crippen LogP contribution in [0.25, 0.3) is 0 Å². The molecule has 5 aliphatic heterocycles. The van der Waals surface area contributed by atoms with Gasteiger partial charge in [0.15, 0.2) is 6.23 Å². The number of esters is 1. The predicted octanol–water partition coefficient (Wildman–Crippen LogP) is 7.77. The van der Waals surface area contributed by atoms with E-state index in [1.54, 1.807) is 61.9 Å². The summed E-state index contributed by atoms with van der Waals surface area (Å²) in [6.07, 6.45) is -4.00. The summed E-state index contributed by atoms with van der Waals surface area (Å²) in [4.78, 5) is 92.8. The number of hydrogen-bond acceptors (Lipinski definition) is 12. The Kier molecular flexibility index (Phi) is 14.4. The number of pyridine rings is 1. The predicted molar refractivity (Wildman–Crippen MR) is 274 cm³/mol. The van der Waals surface area contributed by atoms with Crippen molar-refractivity contribution in [2.45, 2.75) is 109 Å². The third kappa shape index (κ3) is 9.82. The monoisotopic (exact) mass is 1070 g/mol. The Morgan fingerprint density at radius 1 is 0.974 bits per heavy atom. The van der Waals surface area contributed by atoms with Crippen molar-refractivity contribution >= 4 is 64.2 Å². The average molecular weight is 1070 g/mol. The van der Waals surface area contributed by atoms with Crippen molar-refractivity contribution in [3.05, 3.63) is 111 Å². The van der Waals surface area contributed by atoms with E-state index in [1.165, 1.54) is 30.2 Å². The summed E-state index contributed by atoms with van der Waals surface area (Å²) in [6, 6.07) is 13.0. The van der Waals surface area contributed by atoms with Crippen molar-refractivity contribution in [1.29, 1.82) is 0 Å². The van der Waals surface area contributed by atoms with Gasteiger partial charge in [0, 0.05) is 97.3 Å². The summed E-state index contributed by atoms with van der Waals surface area (Å²) in [7, 11) is 3.13. The second kappa shape index (κ2) is 20.3. The molecule has 404 valence electrons. The maximum atomic E-state index is 16.9. The number of nitrogens with one attached hydrogen (secondary N) is 2. The Balaban J connectivity index is 0.989. The third-order valence-electron chi connectivity index (χ3n) is 15.5. The van der Waals surface area contributed by atoms with Crippen LogP contribution in [-0.4, -0.2) is 126 Å². The lowest BCUT2D eigenvalue weighted by Gasteiger charge is -2.41. The zero-order valence-corrected chi connectivity index (χ0v) is 44.3. The molecule has 6 heterocycles. The third-order valence-corrected chi connectivity index (χ3v) is 15.8. The number of amides is 5. The van der Waals surface area contributed by atoms with E-state index in [0.29, 0.717) is 43.7 Å². The number of carbonyl (C=O) groups excluding carboxylic acids is 6. The molecule has 2 unspecified atom stereocenters. The highest BCUT2D eigenvalue weighted by molar-refractivity contribution is 6.30. The molecular formula is C55H61ClF4N8O8. The van der Waals surface area contributed by atoms with Crippen LogP contribution in [0, 0.1) is 17.2 Å². The Bertz CT molecular complexity index is 3020. The minimum absolute atomic E-state index is 0.0474. The standard InChI is InChI=1S/C55H61ClF4N8O8/c1-29(2)52(74)76-30(3)68-28-54(36-26-61-42(24-40(36)68)55(58,59)60)43(25-53(4,5)6)64(7)47(45(54)35-10-9-11-37(56)46(35)57)49(71)62-38-15-12-31(23-41(38)75-8)50(72)66-20-18-65(19-21-66)33-13-14-34-32(22-33)27-67(51(34)73)39-16-17-44(69)63-48(39)70/h9-15,22-24,26,29-30,39,43,45,47H,16-21,25,27-28H2,1-8H3,(H,62,71)(H,63,69,70)/t30?,39?,43-,45-,47+,54-/m0/s1. The van der Waals surface area contributed by atoms with Gasteiger partial charge in [-0.05, 0) is 91.9 Å². The molecule has 4 aromatic rings. The number of nitrogens with zero attached hydrogens (tertiary/aromatic N) is 6. The van der Waals surface area contributed by atoms with Crippen molar-refractivity contribution in [3.63, 3.8) is 0 Å². The number of carbonyl (C=O) groups is 6. The molecule has 5 amide bonds. The molecule has 0 saturated carbocycles. The van der Waals surface area contributed by atoms with Gasteiger partial charge < -0.3 is 34.4 Å². The highest BCUT2D eigenvalue weighted by atomic mass is 35.5. The first-order chi connectivity index (χ1) is 35.8. The molecule has 3 aromatic carbocycles. The largest absolute Gasteiger partial charge is 0.495 e. The molecule has 0 aliphatic carbocycles. The van der Waals surface area contributed by atoms with Crippen LogP contribution in [0.1, 0.15) is 110 Å². The first-order valence-electron chi connectivity index (χ1n) is 25.3. The summed E-state index contributed by atoms with van der Waals surface area (Å²) < 4.78 is 72.1. The van der Waals surface area contributed by atoms with Gasteiger partial charge in [-0.1, -0.05) is 58.4 Å². The minimum Gasteiger partial charge on any atom is -0.495 e. The highest BCUT2D eigenvalue weighted by Crippen LogP contribution is 2.61. The van der Waals surface area contributed by atoms with E-state index in [0.717, 1.165) is 23.5 Å². The van der Waals surface area contributed by atoms with Crippen molar-refractivity contribution in [3.8, 4) is 5.75 Å². The zero-order chi connectivity index (χ0) is 54.9. The zero-order valence-electron chi connectivity index (χ0n) is 43.5. The van der Waals surface area contributed by atoms with Crippen molar-refractivity contribution in [2.75, 3.05) is 62.0 Å². The number of likely N-dealkylation sites (tertiary alicyclic amines) is 1. The molecule has 0 bridgehead atoms. The van der Waals surface area contributed by atoms with E-state index in [1.807, 2.05) is 37.8 Å². The normalized spacial score (nSPS) is 23.3. The van der Waals surface area contributed by atoms with Gasteiger partial charge in [0.1, 0.15) is 23.3 Å². The first kappa shape index (κ1) is 54.0. The number of rotatable bonds is 11. The Morgan fingerprint density at radius 2 is 1.70 bits per heavy atom. The first-order valence-corrected chi connectivity index (χ1v) is 25.7. The minimum atomic E-state index is -4.85. The fraction of sp³-hybridized carbons (Fsp3) is 0.473. The lowest BCUT2D eigenvalue weighted by Crippen LogP contribution is -2.52. The van der Waals surface area contributed by atoms with Crippen LogP contribution < -0.4 is 25.2 Å². The van der Waals surface area contributed by atoms with Gasteiger partial charge >= 0.3 is 12.1 Å². The number of ether oxygens (including phenoxy) is 2. The molecule has 1 aromatic heterocycles. The van der Waals surface area contributed by atoms with Gasteiger partial charge in [0.2, 0.25) is 17.7 Å². The van der Waals surface area contributed by atoms with Gasteiger partial charge in [-0.2, -0.15) is 13.2 Å². The number of alkyl halides is 3. The molecule has 21 heteroatoms. The summed E-state index contributed by atoms with van der Waals surface area (Å²) in [5, 5.41) is 5.10. The number of benzene rings is 3. The molecule has 1 spiro atoms. The van der Waals surface area contributed by atoms with Gasteiger partial charge in [-0.25, -0.2) is 4.39 Å². The fourth-order valence-corrected chi connectivity index (χ4v) is 12.0. The lowest BCUT2D eigenvalue weighted by atomic mass is 9.63. The molecule has 16 nitrogen and oxygen atoms in total. The second-order valence-corrected chi connectivity index (χ2v) is 22.3. The Labute approximate surface area is 443 Å². The molecular weight excluding hydrogens is 1010 g/mol. The molecule has 3 fully saturated rings. The average Bonchev–Trinajstić information content (AvgIpc) is 4.12. The van der Waals surface area contributed by atoms with Crippen molar-refractivity contribution < 1.29 is 55.8 Å². The molecule has 3 saturated heterocycles. The molecule has 76 heavy (non-hydrogen) atoms. The smallest absolute Gasteiger partial charge is 0.433 e. The van der Waals surface area contributed by atoms with Crippen LogP contribution in [-0.2, 0) is 42.1 Å². The van der Waals surface area contributed by atoms with Crippen LogP contribution in [0.4, 0.5) is 34.6 Å². The number of methoxy groups -OCH3 is 1. The summed E-state index contributed by atoms with van der Waals surface area (Å²) >= 11 is 6.52. The van der Waals surface area contributed by atoms with Crippen LogP contribution >= 0.6 is 11.6 Å². The summed E-state index contributed by atoms with van der Waals surface area (Å²) in [6.45, 7) is 12.6. The molecule has 2 N–H and O–H groups in total. The number of aromatic nitrogens is 1. The Hall–Kier alpha value is -6.80. The van der Waals surface area contributed by atoms with Gasteiger partial charge in [-0.15, -0.1) is 0 Å². The van der Waals surface area contributed by atoms with E-state index in [4.69, 9.17) is 21.1 Å². The quantitative estimate of drug-likeness (QED) is 0.0850. The van der Waals surface area contributed by atoms with Crippen molar-refractivity contribution in [2.24, 2.45) is 11.3 Å². The van der Waals surface area contributed by atoms with Crippen LogP contribution in [0.3, 0.4) is 0 Å². The van der Waals surface area contributed by atoms with E-state index < -0.39 is 82.5 Å². The van der Waals surface area contributed by atoms with Crippen LogP contribution in [0.15, 0.2) is 66.9 Å². The molecule has 0 radical (unpaired) electrons. The maximum Gasteiger partial charge on any atom is 0.433 e. The molecule has 6 atom stereocenters. The molecule has 5 aliphatic rings. The number of piperazine rings is 1. The number of piperidine rings is 1. The topological polar surface area (TPSA) is 174 Å². The van der Waals surface area contributed by atoms with Crippen molar-refractivity contribution in [1.82, 2.24) is 25.0 Å². The van der Waals surface area contributed by atoms with E-state index >= 15 is 9.18 Å². The number of hydrogen-bond donors (Lipinski definition) is 2. The summed E-state index contributed by atoms with van der Waals surface area (Å²) in [5.74, 6) is -4.90. The molecule has 9 rings (SSSR count). The SMILES string of the molecule is COc1cc(C(=O)N2CCN(c3ccc4c(c3)CN(C3CCC(=O)NC3=O)C4=O)CC2)ccc1NC(=O)[C@H]1[C@H](c2cccc(Cl)c2F)[C@]2(CN(C(C)OC(=O)C(C)C)c3cc(C(F)(F)F)ncc32)[C@H](CC(C)(C)C)N1C. The van der Waals surface area contributed by atoms with E-state index in [9.17, 15) is 37.1 Å². The van der Waals surface area contributed by atoms with Crippen LogP contribution in [0.5, 0.6) is 5.75 Å². The van der Waals surface area contributed by atoms with Gasteiger partial charge in [0.25, 0.3) is 11.8 Å². The number of anilines is 3. The van der Waals surface area contributed by atoms with Gasteiger partial charge in [0.05, 0.1) is 29.8 Å². The maximum absolute atomic E-state index is 16.9. The highest BCUT2D eigenvalue weighted by Gasteiger charge is 2.66. The number of imide groups is 1. The number of fused-ring (bicyclic) bond motifs is 3. The summed E-state index contributed by atoms with van der Waals surface area (Å²) in [5.41, 5.74) is 0.0575. The fourth-order valence-electron chi connectivity index (χ4n) is 11.9. The van der Waals surface area contributed by atoms with Gasteiger partial charge in [-0.3, -0.25) is 44.0 Å². The van der Waals surface area contributed by atoms with E-state index in [2.05, 4.69) is 20.5 Å². The van der Waals surface area contributed by atoms with E-state index in [-0.39, 0.29) is 76.9 Å². The van der Waals surface area contributed by atoms with Crippen LogP contribution in [0.2, 0.25) is 5.02 Å². The Morgan fingerprint density at radius 3 is 2.36 bits per heavy atom. The number of halogens is 5.